The molecule has 0 unspecified atom stereocenters. The topological polar surface area (TPSA) is 44.3 Å². The van der Waals surface area contributed by atoms with E-state index in [0.29, 0.717) is 0 Å². The zero-order valence-corrected chi connectivity index (χ0v) is 12.7. The Kier molecular flexibility index (Phi) is 3.64. The van der Waals surface area contributed by atoms with Gasteiger partial charge < -0.3 is 10.2 Å². The summed E-state index contributed by atoms with van der Waals surface area (Å²) < 4.78 is 0. The summed E-state index contributed by atoms with van der Waals surface area (Å²) in [4.78, 5) is 13.5. The number of benzene rings is 1. The third kappa shape index (κ3) is 2.64. The minimum absolute atomic E-state index is 0.851. The molecule has 5 nitrogen and oxygen atoms in total. The first-order valence-electron chi connectivity index (χ1n) is 7.99. The van der Waals surface area contributed by atoms with Crippen LogP contribution in [0.5, 0.6) is 0 Å². The zero-order valence-electron chi connectivity index (χ0n) is 12.7. The van der Waals surface area contributed by atoms with Gasteiger partial charge in [-0.05, 0) is 23.6 Å². The van der Waals surface area contributed by atoms with Crippen molar-refractivity contribution in [1.29, 1.82) is 0 Å². The maximum absolute atomic E-state index is 4.34. The molecular formula is C17H21N5. The van der Waals surface area contributed by atoms with Gasteiger partial charge in [-0.2, -0.15) is 0 Å². The van der Waals surface area contributed by atoms with Gasteiger partial charge in [-0.3, -0.25) is 4.90 Å². The van der Waals surface area contributed by atoms with Gasteiger partial charge >= 0.3 is 0 Å². The average molecular weight is 295 g/mol. The average Bonchev–Trinajstić information content (AvgIpc) is 3.06. The van der Waals surface area contributed by atoms with E-state index in [1.807, 2.05) is 18.5 Å². The molecule has 2 aliphatic rings. The van der Waals surface area contributed by atoms with Crippen LogP contribution in [0, 0.1) is 0 Å². The quantitative estimate of drug-likeness (QED) is 0.935. The van der Waals surface area contributed by atoms with Crippen LogP contribution in [-0.4, -0.2) is 47.6 Å². The summed E-state index contributed by atoms with van der Waals surface area (Å²) in [5.41, 5.74) is 4.27. The molecule has 2 aromatic rings. The Hall–Kier alpha value is -2.14. The van der Waals surface area contributed by atoms with Crippen molar-refractivity contribution in [2.75, 3.05) is 42.9 Å². The fourth-order valence-corrected chi connectivity index (χ4v) is 3.34. The highest BCUT2D eigenvalue weighted by atomic mass is 15.3. The molecule has 3 heterocycles. The van der Waals surface area contributed by atoms with E-state index < -0.39 is 0 Å². The molecule has 2 aliphatic heterocycles. The first kappa shape index (κ1) is 13.5. The predicted molar refractivity (Wildman–Crippen MR) is 88.2 cm³/mol. The Morgan fingerprint density at radius 1 is 1.00 bits per heavy atom. The lowest BCUT2D eigenvalue weighted by molar-refractivity contribution is 0.249. The van der Waals surface area contributed by atoms with Crippen molar-refractivity contribution in [1.82, 2.24) is 14.9 Å². The summed E-state index contributed by atoms with van der Waals surface area (Å²) in [6.45, 7) is 6.20. The molecule has 1 N–H and O–H groups in total. The predicted octanol–water partition coefficient (Wildman–Crippen LogP) is 1.77. The van der Waals surface area contributed by atoms with Crippen LogP contribution in [-0.2, 0) is 13.0 Å². The van der Waals surface area contributed by atoms with E-state index in [0.717, 1.165) is 51.6 Å². The van der Waals surface area contributed by atoms with Crippen molar-refractivity contribution in [2.24, 2.45) is 0 Å². The molecule has 22 heavy (non-hydrogen) atoms. The Balaban J connectivity index is 1.40. The van der Waals surface area contributed by atoms with E-state index in [2.05, 4.69) is 43.3 Å². The summed E-state index contributed by atoms with van der Waals surface area (Å²) in [5, 5.41) is 3.54. The van der Waals surface area contributed by atoms with Crippen LogP contribution in [0.1, 0.15) is 11.1 Å². The Morgan fingerprint density at radius 2 is 1.82 bits per heavy atom. The monoisotopic (exact) mass is 295 g/mol. The van der Waals surface area contributed by atoms with E-state index >= 15 is 0 Å². The van der Waals surface area contributed by atoms with Crippen LogP contribution in [0.2, 0.25) is 0 Å². The molecule has 1 saturated heterocycles. The minimum Gasteiger partial charge on any atom is -0.384 e. The van der Waals surface area contributed by atoms with Gasteiger partial charge in [0.1, 0.15) is 0 Å². The van der Waals surface area contributed by atoms with Crippen molar-refractivity contribution in [2.45, 2.75) is 13.0 Å². The largest absolute Gasteiger partial charge is 0.384 e. The number of nitrogens with one attached hydrogen (secondary N) is 1. The highest BCUT2D eigenvalue weighted by molar-refractivity contribution is 5.61. The summed E-state index contributed by atoms with van der Waals surface area (Å²) in [7, 11) is 0. The number of piperazine rings is 1. The van der Waals surface area contributed by atoms with E-state index in [9.17, 15) is 0 Å². The van der Waals surface area contributed by atoms with Gasteiger partial charge in [0.15, 0.2) is 0 Å². The molecule has 0 aliphatic carbocycles. The second-order valence-corrected chi connectivity index (χ2v) is 5.94. The number of hydrogen-bond acceptors (Lipinski definition) is 5. The van der Waals surface area contributed by atoms with E-state index in [1.165, 1.54) is 16.8 Å². The van der Waals surface area contributed by atoms with E-state index in [-0.39, 0.29) is 0 Å². The number of para-hydroxylation sites is 1. The van der Waals surface area contributed by atoms with Crippen LogP contribution in [0.25, 0.3) is 0 Å². The second kappa shape index (κ2) is 5.93. The molecule has 1 aromatic heterocycles. The highest BCUT2D eigenvalue weighted by Gasteiger charge is 2.21. The molecule has 0 spiro atoms. The fraction of sp³-hybridized carbons (Fsp3) is 0.412. The summed E-state index contributed by atoms with van der Waals surface area (Å²) in [6.07, 6.45) is 4.78. The van der Waals surface area contributed by atoms with Gasteiger partial charge in [0, 0.05) is 57.3 Å². The van der Waals surface area contributed by atoms with Gasteiger partial charge in [0.2, 0.25) is 5.95 Å². The molecule has 4 rings (SSSR count). The van der Waals surface area contributed by atoms with Crippen molar-refractivity contribution >= 4 is 11.6 Å². The Labute approximate surface area is 131 Å². The van der Waals surface area contributed by atoms with Gasteiger partial charge in [-0.15, -0.1) is 0 Å². The zero-order chi connectivity index (χ0) is 14.8. The molecule has 0 amide bonds. The standard InChI is InChI=1S/C17H21N5/c1-3-14-5-8-18-16(14)15(4-1)13-21-9-11-22(12-10-21)17-19-6-2-7-20-17/h1-4,6-7,18H,5,8-13H2. The first-order valence-corrected chi connectivity index (χ1v) is 7.99. The lowest BCUT2D eigenvalue weighted by Crippen LogP contribution is -2.46. The maximum Gasteiger partial charge on any atom is 0.225 e. The van der Waals surface area contributed by atoms with Gasteiger partial charge in [-0.25, -0.2) is 9.97 Å². The molecule has 0 saturated carbocycles. The summed E-state index contributed by atoms with van der Waals surface area (Å²) in [5.74, 6) is 0.851. The van der Waals surface area contributed by atoms with Gasteiger partial charge in [0.05, 0.1) is 0 Å². The van der Waals surface area contributed by atoms with E-state index in [1.54, 1.807) is 0 Å². The number of anilines is 2. The van der Waals surface area contributed by atoms with Crippen LogP contribution in [0.4, 0.5) is 11.6 Å². The van der Waals surface area contributed by atoms with Gasteiger partial charge in [0.25, 0.3) is 0 Å². The summed E-state index contributed by atoms with van der Waals surface area (Å²) in [6, 6.07) is 8.55. The first-order chi connectivity index (χ1) is 10.9. The molecule has 5 heteroatoms. The third-order valence-corrected chi connectivity index (χ3v) is 4.53. The maximum atomic E-state index is 4.34. The molecular weight excluding hydrogens is 274 g/mol. The highest BCUT2D eigenvalue weighted by Crippen LogP contribution is 2.27. The molecule has 1 fully saturated rings. The Morgan fingerprint density at radius 3 is 2.64 bits per heavy atom. The lowest BCUT2D eigenvalue weighted by Gasteiger charge is -2.34. The minimum atomic E-state index is 0.851. The van der Waals surface area contributed by atoms with Crippen LogP contribution >= 0.6 is 0 Å². The molecule has 114 valence electrons. The third-order valence-electron chi connectivity index (χ3n) is 4.53. The smallest absolute Gasteiger partial charge is 0.225 e. The van der Waals surface area contributed by atoms with Gasteiger partial charge in [-0.1, -0.05) is 18.2 Å². The molecule has 0 radical (unpaired) electrons. The van der Waals surface area contributed by atoms with Crippen molar-refractivity contribution in [3.05, 3.63) is 47.8 Å². The van der Waals surface area contributed by atoms with Crippen molar-refractivity contribution in [3.63, 3.8) is 0 Å². The summed E-state index contributed by atoms with van der Waals surface area (Å²) >= 11 is 0. The van der Waals surface area contributed by atoms with Crippen molar-refractivity contribution in [3.8, 4) is 0 Å². The van der Waals surface area contributed by atoms with Crippen LogP contribution in [0.15, 0.2) is 36.7 Å². The second-order valence-electron chi connectivity index (χ2n) is 5.94. The number of fused-ring (bicyclic) bond motifs is 1. The van der Waals surface area contributed by atoms with Crippen LogP contribution in [0.3, 0.4) is 0 Å². The lowest BCUT2D eigenvalue weighted by atomic mass is 10.1. The molecule has 1 aromatic carbocycles. The normalized spacial score (nSPS) is 18.1. The number of aromatic nitrogens is 2. The molecule has 0 atom stereocenters. The molecule has 0 bridgehead atoms. The van der Waals surface area contributed by atoms with E-state index in [4.69, 9.17) is 0 Å². The number of rotatable bonds is 3. The van der Waals surface area contributed by atoms with Crippen molar-refractivity contribution < 1.29 is 0 Å². The SMILES string of the molecule is c1cnc(N2CCN(Cc3cccc4c3NCC4)CC2)nc1. The number of hydrogen-bond donors (Lipinski definition) is 1. The fourth-order valence-electron chi connectivity index (χ4n) is 3.34. The number of nitrogens with zero attached hydrogens (tertiary/aromatic N) is 4. The Bertz CT molecular complexity index is 635. The van der Waals surface area contributed by atoms with Crippen LogP contribution < -0.4 is 10.2 Å².